The van der Waals surface area contributed by atoms with Crippen molar-refractivity contribution in [3.63, 3.8) is 0 Å². The molecule has 4 heteroatoms. The summed E-state index contributed by atoms with van der Waals surface area (Å²) in [6, 6.07) is 7.86. The van der Waals surface area contributed by atoms with Gasteiger partial charge in [0.05, 0.1) is 5.57 Å². The quantitative estimate of drug-likeness (QED) is 0.583. The summed E-state index contributed by atoms with van der Waals surface area (Å²) in [6.45, 7) is 6.25. The van der Waals surface area contributed by atoms with Gasteiger partial charge < -0.3 is 16.5 Å². The molecular weight excluding hydrogens is 262 g/mol. The van der Waals surface area contributed by atoms with Crippen molar-refractivity contribution in [2.45, 2.75) is 26.2 Å². The Labute approximate surface area is 125 Å². The van der Waals surface area contributed by atoms with Gasteiger partial charge in [0.25, 0.3) is 0 Å². The van der Waals surface area contributed by atoms with Crippen LogP contribution in [0.3, 0.4) is 0 Å². The third kappa shape index (κ3) is 5.15. The van der Waals surface area contributed by atoms with Crippen LogP contribution in [0.15, 0.2) is 36.0 Å². The lowest BCUT2D eigenvalue weighted by Crippen LogP contribution is -2.35. The topological polar surface area (TPSA) is 79.0 Å². The molecule has 0 aliphatic carbocycles. The summed E-state index contributed by atoms with van der Waals surface area (Å²) in [5, 5.41) is 9.95. The number of allylic oxidation sites excluding steroid dienone is 1. The van der Waals surface area contributed by atoms with E-state index in [1.807, 2.05) is 24.3 Å². The Balaban J connectivity index is 2.87. The molecule has 0 aliphatic heterocycles. The Morgan fingerprint density at radius 1 is 1.38 bits per heavy atom. The van der Waals surface area contributed by atoms with Gasteiger partial charge in [0.1, 0.15) is 0 Å². The first-order valence-electron chi connectivity index (χ1n) is 6.68. The van der Waals surface area contributed by atoms with Gasteiger partial charge in [-0.25, -0.2) is 0 Å². The van der Waals surface area contributed by atoms with E-state index < -0.39 is 0 Å². The van der Waals surface area contributed by atoms with Crippen molar-refractivity contribution in [3.8, 4) is 11.8 Å². The van der Waals surface area contributed by atoms with E-state index >= 15 is 0 Å². The van der Waals surface area contributed by atoms with E-state index in [9.17, 15) is 4.79 Å². The van der Waals surface area contributed by atoms with Crippen molar-refractivity contribution in [2.24, 2.45) is 5.73 Å². The summed E-state index contributed by atoms with van der Waals surface area (Å²) in [4.78, 5) is 11.0. The molecule has 0 saturated carbocycles. The Morgan fingerprint density at radius 3 is 2.48 bits per heavy atom. The largest absolute Gasteiger partial charge is 0.404 e. The first-order chi connectivity index (χ1) is 9.89. The fourth-order valence-corrected chi connectivity index (χ4v) is 1.72. The number of benzene rings is 1. The SMILES string of the molecule is CC(=O)NCC(C)(C)c1ccc(C#C/C(C=N)=C/N)cc1. The molecule has 0 atom stereocenters. The van der Waals surface area contributed by atoms with Crippen LogP contribution in [0.2, 0.25) is 0 Å². The zero-order chi connectivity index (χ0) is 15.9. The first kappa shape index (κ1) is 16.5. The van der Waals surface area contributed by atoms with Crippen LogP contribution in [0, 0.1) is 17.3 Å². The lowest BCUT2D eigenvalue weighted by atomic mass is 9.84. The van der Waals surface area contributed by atoms with E-state index in [1.54, 1.807) is 0 Å². The van der Waals surface area contributed by atoms with Gasteiger partial charge in [-0.15, -0.1) is 0 Å². The van der Waals surface area contributed by atoms with E-state index in [4.69, 9.17) is 11.1 Å². The molecule has 1 aromatic rings. The number of nitrogens with two attached hydrogens (primary N) is 1. The van der Waals surface area contributed by atoms with E-state index in [0.717, 1.165) is 17.3 Å². The molecule has 1 rings (SSSR count). The highest BCUT2D eigenvalue weighted by Gasteiger charge is 2.20. The molecule has 1 amide bonds. The van der Waals surface area contributed by atoms with Gasteiger partial charge in [0.2, 0.25) is 5.91 Å². The summed E-state index contributed by atoms with van der Waals surface area (Å²) >= 11 is 0. The second-order valence-electron chi connectivity index (χ2n) is 5.39. The minimum Gasteiger partial charge on any atom is -0.404 e. The Kier molecular flexibility index (Phi) is 5.74. The highest BCUT2D eigenvalue weighted by molar-refractivity contribution is 5.82. The van der Waals surface area contributed by atoms with Gasteiger partial charge in [-0.3, -0.25) is 4.79 Å². The highest BCUT2D eigenvalue weighted by Crippen LogP contribution is 2.22. The van der Waals surface area contributed by atoms with Crippen molar-refractivity contribution in [1.82, 2.24) is 5.32 Å². The normalized spacial score (nSPS) is 11.3. The number of hydrogen-bond donors (Lipinski definition) is 3. The Morgan fingerprint density at radius 2 is 2.00 bits per heavy atom. The third-order valence-corrected chi connectivity index (χ3v) is 3.13. The third-order valence-electron chi connectivity index (χ3n) is 3.13. The van der Waals surface area contributed by atoms with Crippen LogP contribution in [0.1, 0.15) is 31.9 Å². The summed E-state index contributed by atoms with van der Waals surface area (Å²) in [7, 11) is 0. The van der Waals surface area contributed by atoms with Gasteiger partial charge in [-0.2, -0.15) is 0 Å². The average Bonchev–Trinajstić information content (AvgIpc) is 2.47. The number of amides is 1. The maximum atomic E-state index is 11.0. The molecule has 1 aromatic carbocycles. The molecule has 21 heavy (non-hydrogen) atoms. The van der Waals surface area contributed by atoms with Crippen LogP contribution in [-0.4, -0.2) is 18.7 Å². The van der Waals surface area contributed by atoms with E-state index in [1.165, 1.54) is 13.1 Å². The van der Waals surface area contributed by atoms with Crippen molar-refractivity contribution >= 4 is 12.1 Å². The van der Waals surface area contributed by atoms with Crippen molar-refractivity contribution < 1.29 is 4.79 Å². The van der Waals surface area contributed by atoms with Crippen molar-refractivity contribution in [2.75, 3.05) is 6.54 Å². The van der Waals surface area contributed by atoms with E-state index in [0.29, 0.717) is 12.1 Å². The van der Waals surface area contributed by atoms with Gasteiger partial charge in [0.15, 0.2) is 0 Å². The molecule has 0 spiro atoms. The molecule has 0 unspecified atom stereocenters. The number of rotatable bonds is 4. The van der Waals surface area contributed by atoms with Crippen LogP contribution in [0.5, 0.6) is 0 Å². The predicted octanol–water partition coefficient (Wildman–Crippen LogP) is 1.94. The maximum absolute atomic E-state index is 11.0. The van der Waals surface area contributed by atoms with Crippen molar-refractivity contribution in [1.29, 1.82) is 5.41 Å². The van der Waals surface area contributed by atoms with Crippen LogP contribution in [0.25, 0.3) is 0 Å². The molecule has 0 heterocycles. The number of nitrogens with one attached hydrogen (secondary N) is 2. The highest BCUT2D eigenvalue weighted by atomic mass is 16.1. The van der Waals surface area contributed by atoms with Crippen LogP contribution in [0.4, 0.5) is 0 Å². The molecule has 0 saturated heterocycles. The zero-order valence-electron chi connectivity index (χ0n) is 12.7. The molecule has 0 aromatic heterocycles. The molecule has 0 aliphatic rings. The molecular formula is C17H21N3O. The van der Waals surface area contributed by atoms with Gasteiger partial charge in [-0.05, 0) is 17.7 Å². The predicted molar refractivity (Wildman–Crippen MR) is 86.1 cm³/mol. The average molecular weight is 283 g/mol. The maximum Gasteiger partial charge on any atom is 0.216 e. The van der Waals surface area contributed by atoms with Gasteiger partial charge in [-0.1, -0.05) is 37.8 Å². The molecule has 4 nitrogen and oxygen atoms in total. The second kappa shape index (κ2) is 7.30. The Bertz CT molecular complexity index is 601. The second-order valence-corrected chi connectivity index (χ2v) is 5.39. The minimum absolute atomic E-state index is 0.0293. The standard InChI is InChI=1S/C17H21N3O/c1-13(21)20-12-17(2,3)16-8-6-14(7-9-16)4-5-15(10-18)11-19/h6-11,18H,12,19H2,1-3H3,(H,20,21)/b15-11-,18-10?. The van der Waals surface area contributed by atoms with E-state index in [-0.39, 0.29) is 11.3 Å². The van der Waals surface area contributed by atoms with E-state index in [2.05, 4.69) is 31.0 Å². The monoisotopic (exact) mass is 283 g/mol. The first-order valence-corrected chi connectivity index (χ1v) is 6.68. The van der Waals surface area contributed by atoms with Crippen LogP contribution in [-0.2, 0) is 10.2 Å². The molecule has 4 N–H and O–H groups in total. The minimum atomic E-state index is -0.144. The van der Waals surface area contributed by atoms with Crippen molar-refractivity contribution in [3.05, 3.63) is 47.2 Å². The molecule has 0 fully saturated rings. The smallest absolute Gasteiger partial charge is 0.216 e. The summed E-state index contributed by atoms with van der Waals surface area (Å²) in [6.07, 6.45) is 2.43. The number of hydrogen-bond acceptors (Lipinski definition) is 3. The lowest BCUT2D eigenvalue weighted by molar-refractivity contribution is -0.119. The fraction of sp³-hybridized carbons (Fsp3) is 0.294. The number of carbonyl (C=O) groups is 1. The molecule has 110 valence electrons. The van der Waals surface area contributed by atoms with Crippen LogP contribution < -0.4 is 11.1 Å². The van der Waals surface area contributed by atoms with Gasteiger partial charge in [0, 0.05) is 36.9 Å². The summed E-state index contributed by atoms with van der Waals surface area (Å²) in [5.74, 6) is 5.75. The molecule has 0 bridgehead atoms. The zero-order valence-corrected chi connectivity index (χ0v) is 12.7. The Hall–Kier alpha value is -2.54. The summed E-state index contributed by atoms with van der Waals surface area (Å²) < 4.78 is 0. The lowest BCUT2D eigenvalue weighted by Gasteiger charge is -2.25. The summed E-state index contributed by atoms with van der Waals surface area (Å²) in [5.41, 5.74) is 7.65. The fourth-order valence-electron chi connectivity index (χ4n) is 1.72. The number of carbonyl (C=O) groups excluding carboxylic acids is 1. The molecule has 0 radical (unpaired) electrons. The van der Waals surface area contributed by atoms with Crippen LogP contribution >= 0.6 is 0 Å². The van der Waals surface area contributed by atoms with Gasteiger partial charge >= 0.3 is 0 Å².